The molecular formula is C23H18FN3O3. The molecule has 4 rings (SSSR count). The molecule has 2 aromatic carbocycles. The van der Waals surface area contributed by atoms with Gasteiger partial charge in [0.1, 0.15) is 5.82 Å². The van der Waals surface area contributed by atoms with Gasteiger partial charge in [-0.3, -0.25) is 14.6 Å². The highest BCUT2D eigenvalue weighted by molar-refractivity contribution is 6.49. The van der Waals surface area contributed by atoms with Crippen LogP contribution in [-0.4, -0.2) is 28.4 Å². The number of hydrogen-bond donors (Lipinski definition) is 1. The second kappa shape index (κ2) is 8.16. The second-order valence-electron chi connectivity index (χ2n) is 6.63. The topological polar surface area (TPSA) is 73.2 Å². The zero-order chi connectivity index (χ0) is 21.1. The standard InChI is InChI=1S/C23H18FN3O3/c1-30-23-20(21(28)22(29)26-17-10-12-25-13-11-17)18-4-2-3-5-19(18)27(23)14-15-6-8-16(24)9-7-15/h2-13H,14H2,1H3,(H,25,26,29). The molecule has 30 heavy (non-hydrogen) atoms. The van der Waals surface area contributed by atoms with Crippen LogP contribution in [0.1, 0.15) is 15.9 Å². The Labute approximate surface area is 171 Å². The molecule has 0 unspecified atom stereocenters. The summed E-state index contributed by atoms with van der Waals surface area (Å²) in [6.07, 6.45) is 3.05. The number of benzene rings is 2. The molecule has 2 aromatic heterocycles. The van der Waals surface area contributed by atoms with Crippen LogP contribution in [0.3, 0.4) is 0 Å². The molecule has 0 fully saturated rings. The maximum Gasteiger partial charge on any atom is 0.297 e. The summed E-state index contributed by atoms with van der Waals surface area (Å²) in [5, 5.41) is 3.19. The third kappa shape index (κ3) is 3.65. The predicted octanol–water partition coefficient (Wildman–Crippen LogP) is 4.05. The van der Waals surface area contributed by atoms with Crippen LogP contribution in [0.15, 0.2) is 73.1 Å². The van der Waals surface area contributed by atoms with E-state index in [1.807, 2.05) is 12.1 Å². The number of fused-ring (bicyclic) bond motifs is 1. The Kier molecular flexibility index (Phi) is 5.26. The van der Waals surface area contributed by atoms with E-state index < -0.39 is 11.7 Å². The first-order chi connectivity index (χ1) is 14.6. The summed E-state index contributed by atoms with van der Waals surface area (Å²) in [7, 11) is 1.45. The number of halogens is 1. The number of carbonyl (C=O) groups excluding carboxylic acids is 2. The number of para-hydroxylation sites is 1. The number of Topliss-reactive ketones (excluding diaryl/α,β-unsaturated/α-hetero) is 1. The average Bonchev–Trinajstić information content (AvgIpc) is 3.08. The summed E-state index contributed by atoms with van der Waals surface area (Å²) < 4.78 is 20.6. The first-order valence-corrected chi connectivity index (χ1v) is 9.24. The molecule has 0 aliphatic carbocycles. The number of pyridine rings is 1. The van der Waals surface area contributed by atoms with Gasteiger partial charge in [-0.25, -0.2) is 4.39 Å². The number of hydrogen-bond acceptors (Lipinski definition) is 4. The number of anilines is 1. The van der Waals surface area contributed by atoms with Crippen molar-refractivity contribution in [3.8, 4) is 5.88 Å². The molecule has 0 saturated carbocycles. The molecule has 150 valence electrons. The summed E-state index contributed by atoms with van der Waals surface area (Å²) in [6, 6.07) is 16.5. The van der Waals surface area contributed by atoms with Crippen molar-refractivity contribution in [1.82, 2.24) is 9.55 Å². The SMILES string of the molecule is COc1c(C(=O)C(=O)Nc2ccncc2)c2ccccc2n1Cc1ccc(F)cc1. The molecule has 0 radical (unpaired) electrons. The molecule has 6 nitrogen and oxygen atoms in total. The van der Waals surface area contributed by atoms with Crippen molar-refractivity contribution in [3.05, 3.63) is 90.0 Å². The van der Waals surface area contributed by atoms with Crippen LogP contribution in [0.2, 0.25) is 0 Å². The lowest BCUT2D eigenvalue weighted by molar-refractivity contribution is -0.112. The average molecular weight is 403 g/mol. The van der Waals surface area contributed by atoms with Crippen molar-refractivity contribution in [3.63, 3.8) is 0 Å². The number of amides is 1. The maximum atomic E-state index is 13.3. The van der Waals surface area contributed by atoms with E-state index in [1.165, 1.54) is 31.6 Å². The summed E-state index contributed by atoms with van der Waals surface area (Å²) in [4.78, 5) is 29.6. The Bertz CT molecular complexity index is 1220. The highest BCUT2D eigenvalue weighted by atomic mass is 19.1. The Balaban J connectivity index is 1.76. The van der Waals surface area contributed by atoms with Gasteiger partial charge >= 0.3 is 0 Å². The molecule has 0 atom stereocenters. The minimum absolute atomic E-state index is 0.182. The molecule has 0 aliphatic heterocycles. The number of methoxy groups -OCH3 is 1. The van der Waals surface area contributed by atoms with Crippen LogP contribution in [0.25, 0.3) is 10.9 Å². The molecule has 0 spiro atoms. The minimum Gasteiger partial charge on any atom is -0.482 e. The van der Waals surface area contributed by atoms with Gasteiger partial charge < -0.3 is 14.6 Å². The van der Waals surface area contributed by atoms with Crippen LogP contribution in [0.5, 0.6) is 5.88 Å². The van der Waals surface area contributed by atoms with E-state index in [-0.39, 0.29) is 17.3 Å². The van der Waals surface area contributed by atoms with Crippen molar-refractivity contribution < 1.29 is 18.7 Å². The van der Waals surface area contributed by atoms with Crippen molar-refractivity contribution >= 4 is 28.3 Å². The van der Waals surface area contributed by atoms with Gasteiger partial charge in [-0.2, -0.15) is 0 Å². The van der Waals surface area contributed by atoms with Crippen LogP contribution in [0.4, 0.5) is 10.1 Å². The zero-order valence-corrected chi connectivity index (χ0v) is 16.1. The fourth-order valence-electron chi connectivity index (χ4n) is 3.38. The van der Waals surface area contributed by atoms with E-state index in [9.17, 15) is 14.0 Å². The van der Waals surface area contributed by atoms with E-state index in [1.54, 1.807) is 41.0 Å². The number of nitrogens with zero attached hydrogens (tertiary/aromatic N) is 2. The lowest BCUT2D eigenvalue weighted by Crippen LogP contribution is -2.23. The Morgan fingerprint density at radius 3 is 2.43 bits per heavy atom. The highest BCUT2D eigenvalue weighted by Gasteiger charge is 2.28. The normalized spacial score (nSPS) is 10.7. The fourth-order valence-corrected chi connectivity index (χ4v) is 3.38. The molecule has 1 amide bonds. The van der Waals surface area contributed by atoms with Crippen LogP contribution < -0.4 is 10.1 Å². The summed E-state index contributed by atoms with van der Waals surface area (Å²) >= 11 is 0. The smallest absolute Gasteiger partial charge is 0.297 e. The van der Waals surface area contributed by atoms with Gasteiger partial charge in [0.05, 0.1) is 24.7 Å². The molecule has 4 aromatic rings. The number of aromatic nitrogens is 2. The third-order valence-corrected chi connectivity index (χ3v) is 4.74. The Morgan fingerprint density at radius 2 is 1.73 bits per heavy atom. The number of carbonyl (C=O) groups is 2. The first-order valence-electron chi connectivity index (χ1n) is 9.24. The number of nitrogens with one attached hydrogen (secondary N) is 1. The monoisotopic (exact) mass is 403 g/mol. The number of ether oxygens (including phenoxy) is 1. The summed E-state index contributed by atoms with van der Waals surface area (Å²) in [5.74, 6) is -1.54. The summed E-state index contributed by atoms with van der Waals surface area (Å²) in [6.45, 7) is 0.350. The van der Waals surface area contributed by atoms with E-state index in [0.29, 0.717) is 17.6 Å². The molecule has 0 bridgehead atoms. The molecule has 1 N–H and O–H groups in total. The van der Waals surface area contributed by atoms with Gasteiger partial charge in [-0.1, -0.05) is 30.3 Å². The van der Waals surface area contributed by atoms with Gasteiger partial charge in [0, 0.05) is 23.5 Å². The quantitative estimate of drug-likeness (QED) is 0.389. The third-order valence-electron chi connectivity index (χ3n) is 4.74. The molecule has 2 heterocycles. The summed E-state index contributed by atoms with van der Waals surface area (Å²) in [5.41, 5.74) is 2.22. The minimum atomic E-state index is -0.774. The Morgan fingerprint density at radius 1 is 1.03 bits per heavy atom. The molecular weight excluding hydrogens is 385 g/mol. The van der Waals surface area contributed by atoms with Gasteiger partial charge in [0.15, 0.2) is 0 Å². The largest absolute Gasteiger partial charge is 0.482 e. The van der Waals surface area contributed by atoms with Gasteiger partial charge in [-0.15, -0.1) is 0 Å². The van der Waals surface area contributed by atoms with Gasteiger partial charge in [0.2, 0.25) is 5.88 Å². The lowest BCUT2D eigenvalue weighted by atomic mass is 10.1. The van der Waals surface area contributed by atoms with Crippen molar-refractivity contribution in [1.29, 1.82) is 0 Å². The van der Waals surface area contributed by atoms with Gasteiger partial charge in [0.25, 0.3) is 11.7 Å². The molecule has 0 saturated heterocycles. The highest BCUT2D eigenvalue weighted by Crippen LogP contribution is 2.33. The van der Waals surface area contributed by atoms with Gasteiger partial charge in [-0.05, 0) is 35.9 Å². The fraction of sp³-hybridized carbons (Fsp3) is 0.0870. The first kappa shape index (κ1) is 19.3. The zero-order valence-electron chi connectivity index (χ0n) is 16.1. The number of ketones is 1. The van der Waals surface area contributed by atoms with E-state index in [2.05, 4.69) is 10.3 Å². The lowest BCUT2D eigenvalue weighted by Gasteiger charge is -2.11. The molecule has 7 heteroatoms. The van der Waals surface area contributed by atoms with Crippen LogP contribution in [-0.2, 0) is 11.3 Å². The van der Waals surface area contributed by atoms with E-state index in [0.717, 1.165) is 11.1 Å². The number of rotatable bonds is 6. The predicted molar refractivity (Wildman–Crippen MR) is 111 cm³/mol. The van der Waals surface area contributed by atoms with Crippen LogP contribution >= 0.6 is 0 Å². The van der Waals surface area contributed by atoms with Crippen LogP contribution in [0, 0.1) is 5.82 Å². The second-order valence-corrected chi connectivity index (χ2v) is 6.63. The van der Waals surface area contributed by atoms with Crippen molar-refractivity contribution in [2.24, 2.45) is 0 Å². The molecule has 0 aliphatic rings. The maximum absolute atomic E-state index is 13.3. The van der Waals surface area contributed by atoms with E-state index >= 15 is 0 Å². The van der Waals surface area contributed by atoms with Crippen molar-refractivity contribution in [2.45, 2.75) is 6.54 Å². The van der Waals surface area contributed by atoms with Crippen molar-refractivity contribution in [2.75, 3.05) is 12.4 Å². The Hall–Kier alpha value is -4.00. The van der Waals surface area contributed by atoms with E-state index in [4.69, 9.17) is 4.74 Å².